The molecular weight excluding hydrogens is 158 g/mol. The van der Waals surface area contributed by atoms with Crippen molar-refractivity contribution >= 4 is 0 Å². The van der Waals surface area contributed by atoms with Gasteiger partial charge in [-0.2, -0.15) is 5.26 Å². The molecule has 0 amide bonds. The van der Waals surface area contributed by atoms with E-state index in [0.717, 1.165) is 0 Å². The molecule has 0 bridgehead atoms. The maximum absolute atomic E-state index is 9.34. The minimum Gasteiger partial charge on any atom is -0.389 e. The molecule has 0 saturated heterocycles. The number of imidazole rings is 1. The summed E-state index contributed by atoms with van der Waals surface area (Å²) in [6.07, 6.45) is 0.589. The molecule has 5 heteroatoms. The molecule has 0 aromatic carbocycles. The van der Waals surface area contributed by atoms with E-state index in [0.29, 0.717) is 5.69 Å². The van der Waals surface area contributed by atoms with Gasteiger partial charge in [-0.05, 0) is 0 Å². The molecule has 0 aliphatic heterocycles. The number of aliphatic hydroxyl groups excluding tert-OH is 2. The van der Waals surface area contributed by atoms with Crippen LogP contribution in [0.25, 0.3) is 0 Å². The van der Waals surface area contributed by atoms with Crippen molar-refractivity contribution in [2.24, 2.45) is 0 Å². The van der Waals surface area contributed by atoms with E-state index in [9.17, 15) is 5.11 Å². The number of rotatable bonds is 3. The van der Waals surface area contributed by atoms with Crippen LogP contribution in [-0.2, 0) is 0 Å². The van der Waals surface area contributed by atoms with E-state index in [4.69, 9.17) is 10.4 Å². The third-order valence-corrected chi connectivity index (χ3v) is 1.50. The third kappa shape index (κ3) is 1.81. The molecular formula is C7H9N3O2. The van der Waals surface area contributed by atoms with Crippen LogP contribution >= 0.6 is 0 Å². The minimum absolute atomic E-state index is 0.0970. The molecule has 64 valence electrons. The summed E-state index contributed by atoms with van der Waals surface area (Å²) in [4.78, 5) is 6.32. The van der Waals surface area contributed by atoms with Gasteiger partial charge in [0.1, 0.15) is 6.10 Å². The highest BCUT2D eigenvalue weighted by atomic mass is 16.3. The lowest BCUT2D eigenvalue weighted by atomic mass is 10.1. The maximum atomic E-state index is 9.34. The van der Waals surface area contributed by atoms with Gasteiger partial charge >= 0.3 is 0 Å². The number of aromatic nitrogens is 2. The molecule has 2 unspecified atom stereocenters. The van der Waals surface area contributed by atoms with Crippen LogP contribution in [-0.4, -0.2) is 26.3 Å². The highest BCUT2D eigenvalue weighted by Gasteiger charge is 2.18. The molecule has 2 atom stereocenters. The first-order chi connectivity index (χ1) is 5.75. The van der Waals surface area contributed by atoms with E-state index in [1.807, 2.05) is 0 Å². The SMILES string of the molecule is N#CCC(O)C(O)c1cnc[nH]1. The second kappa shape index (κ2) is 3.85. The highest BCUT2D eigenvalue weighted by Crippen LogP contribution is 2.14. The summed E-state index contributed by atoms with van der Waals surface area (Å²) in [6.45, 7) is 0. The lowest BCUT2D eigenvalue weighted by Gasteiger charge is -2.12. The first-order valence-electron chi connectivity index (χ1n) is 3.47. The van der Waals surface area contributed by atoms with Crippen molar-refractivity contribution in [3.63, 3.8) is 0 Å². The Labute approximate surface area is 69.3 Å². The molecule has 1 rings (SSSR count). The van der Waals surface area contributed by atoms with Gasteiger partial charge in [-0.15, -0.1) is 0 Å². The van der Waals surface area contributed by atoms with Crippen molar-refractivity contribution < 1.29 is 10.2 Å². The van der Waals surface area contributed by atoms with Crippen LogP contribution < -0.4 is 0 Å². The molecule has 0 spiro atoms. The van der Waals surface area contributed by atoms with Crippen LogP contribution in [0.3, 0.4) is 0 Å². The molecule has 1 aromatic rings. The summed E-state index contributed by atoms with van der Waals surface area (Å²) < 4.78 is 0. The molecule has 5 nitrogen and oxygen atoms in total. The predicted molar refractivity (Wildman–Crippen MR) is 39.8 cm³/mol. The number of nitrogens with zero attached hydrogens (tertiary/aromatic N) is 2. The fourth-order valence-electron chi connectivity index (χ4n) is 0.841. The monoisotopic (exact) mass is 167 g/mol. The van der Waals surface area contributed by atoms with Gasteiger partial charge in [-0.25, -0.2) is 4.98 Å². The predicted octanol–water partition coefficient (Wildman–Crippen LogP) is -0.282. The average Bonchev–Trinajstić information content (AvgIpc) is 2.55. The summed E-state index contributed by atoms with van der Waals surface area (Å²) in [5.74, 6) is 0. The van der Waals surface area contributed by atoms with Crippen molar-refractivity contribution in [3.05, 3.63) is 18.2 Å². The average molecular weight is 167 g/mol. The standard InChI is InChI=1S/C7H9N3O2/c8-2-1-6(11)7(12)5-3-9-4-10-5/h3-4,6-7,11-12H,1H2,(H,9,10). The summed E-state index contributed by atoms with van der Waals surface area (Å²) in [6, 6.07) is 1.77. The Morgan fingerprint density at radius 1 is 1.67 bits per heavy atom. The molecule has 0 radical (unpaired) electrons. The summed E-state index contributed by atoms with van der Waals surface area (Å²) in [5, 5.41) is 26.7. The molecule has 12 heavy (non-hydrogen) atoms. The maximum Gasteiger partial charge on any atom is 0.122 e. The normalized spacial score (nSPS) is 15.1. The molecule has 0 aliphatic rings. The van der Waals surface area contributed by atoms with Crippen molar-refractivity contribution in [2.45, 2.75) is 18.6 Å². The lowest BCUT2D eigenvalue weighted by molar-refractivity contribution is 0.0193. The Kier molecular flexibility index (Phi) is 2.80. The number of hydrogen-bond acceptors (Lipinski definition) is 4. The second-order valence-electron chi connectivity index (χ2n) is 2.38. The van der Waals surface area contributed by atoms with Gasteiger partial charge in [-0.1, -0.05) is 0 Å². The van der Waals surface area contributed by atoms with E-state index in [-0.39, 0.29) is 6.42 Å². The van der Waals surface area contributed by atoms with Crippen LogP contribution in [0.5, 0.6) is 0 Å². The number of aromatic amines is 1. The molecule has 3 N–H and O–H groups in total. The first-order valence-corrected chi connectivity index (χ1v) is 3.47. The van der Waals surface area contributed by atoms with Gasteiger partial charge in [0.25, 0.3) is 0 Å². The second-order valence-corrected chi connectivity index (χ2v) is 2.38. The smallest absolute Gasteiger partial charge is 0.122 e. The zero-order valence-corrected chi connectivity index (χ0v) is 6.31. The van der Waals surface area contributed by atoms with Crippen LogP contribution in [0.1, 0.15) is 18.2 Å². The first kappa shape index (κ1) is 8.71. The van der Waals surface area contributed by atoms with Crippen LogP contribution in [0.15, 0.2) is 12.5 Å². The quantitative estimate of drug-likeness (QED) is 0.577. The van der Waals surface area contributed by atoms with Crippen LogP contribution in [0.4, 0.5) is 0 Å². The van der Waals surface area contributed by atoms with Gasteiger partial charge in [0.05, 0.1) is 36.8 Å². The number of H-pyrrole nitrogens is 1. The van der Waals surface area contributed by atoms with E-state index in [1.165, 1.54) is 12.5 Å². The van der Waals surface area contributed by atoms with Crippen LogP contribution in [0, 0.1) is 11.3 Å². The third-order valence-electron chi connectivity index (χ3n) is 1.50. The molecule has 0 aliphatic carbocycles. The van der Waals surface area contributed by atoms with Crippen molar-refractivity contribution in [1.82, 2.24) is 9.97 Å². The summed E-state index contributed by atoms with van der Waals surface area (Å²) in [5.41, 5.74) is 0.415. The highest BCUT2D eigenvalue weighted by molar-refractivity contribution is 5.02. The Hall–Kier alpha value is -1.38. The van der Waals surface area contributed by atoms with Gasteiger partial charge in [-0.3, -0.25) is 0 Å². The molecule has 1 heterocycles. The van der Waals surface area contributed by atoms with E-state index >= 15 is 0 Å². The zero-order valence-electron chi connectivity index (χ0n) is 6.31. The summed E-state index contributed by atoms with van der Waals surface area (Å²) >= 11 is 0. The summed E-state index contributed by atoms with van der Waals surface area (Å²) in [7, 11) is 0. The number of nitrogens with one attached hydrogen (secondary N) is 1. The molecule has 1 aromatic heterocycles. The van der Waals surface area contributed by atoms with Crippen molar-refractivity contribution in [1.29, 1.82) is 5.26 Å². The van der Waals surface area contributed by atoms with Gasteiger partial charge < -0.3 is 15.2 Å². The minimum atomic E-state index is -1.06. The zero-order chi connectivity index (χ0) is 8.97. The molecule has 0 fully saturated rings. The Morgan fingerprint density at radius 3 is 2.92 bits per heavy atom. The van der Waals surface area contributed by atoms with Gasteiger partial charge in [0.15, 0.2) is 0 Å². The molecule has 0 saturated carbocycles. The number of hydrogen-bond donors (Lipinski definition) is 3. The largest absolute Gasteiger partial charge is 0.389 e. The van der Waals surface area contributed by atoms with Gasteiger partial charge in [0.2, 0.25) is 0 Å². The lowest BCUT2D eigenvalue weighted by Crippen LogP contribution is -2.17. The van der Waals surface area contributed by atoms with Gasteiger partial charge in [0, 0.05) is 0 Å². The van der Waals surface area contributed by atoms with Crippen molar-refractivity contribution in [2.75, 3.05) is 0 Å². The van der Waals surface area contributed by atoms with Crippen LogP contribution in [0.2, 0.25) is 0 Å². The van der Waals surface area contributed by atoms with E-state index < -0.39 is 12.2 Å². The fraction of sp³-hybridized carbons (Fsp3) is 0.429. The van der Waals surface area contributed by atoms with Crippen molar-refractivity contribution in [3.8, 4) is 6.07 Å². The Balaban J connectivity index is 2.60. The Bertz CT molecular complexity index is 265. The fourth-order valence-corrected chi connectivity index (χ4v) is 0.841. The van der Waals surface area contributed by atoms with E-state index in [2.05, 4.69) is 9.97 Å². The topological polar surface area (TPSA) is 92.9 Å². The Morgan fingerprint density at radius 2 is 2.42 bits per heavy atom. The van der Waals surface area contributed by atoms with E-state index in [1.54, 1.807) is 6.07 Å². The number of aliphatic hydroxyl groups is 2. The number of nitriles is 1.